The van der Waals surface area contributed by atoms with E-state index >= 15 is 0 Å². The monoisotopic (exact) mass is 289 g/mol. The molecule has 5 heteroatoms. The maximum Gasteiger partial charge on any atom is 0.168 e. The lowest BCUT2D eigenvalue weighted by Crippen LogP contribution is -2.11. The van der Waals surface area contributed by atoms with Crippen LogP contribution in [0.3, 0.4) is 0 Å². The number of aromatic nitrogens is 3. The summed E-state index contributed by atoms with van der Waals surface area (Å²) < 4.78 is 8.07. The fourth-order valence-electron chi connectivity index (χ4n) is 2.53. The first kappa shape index (κ1) is 12.2. The van der Waals surface area contributed by atoms with E-state index in [9.17, 15) is 0 Å². The number of hydrogen-bond acceptors (Lipinski definition) is 3. The highest BCUT2D eigenvalue weighted by atomic mass is 35.5. The summed E-state index contributed by atoms with van der Waals surface area (Å²) in [5.41, 5.74) is 1.11. The van der Waals surface area contributed by atoms with Gasteiger partial charge in [0.2, 0.25) is 0 Å². The van der Waals surface area contributed by atoms with E-state index in [1.807, 2.05) is 12.3 Å². The van der Waals surface area contributed by atoms with Crippen LogP contribution in [0.1, 0.15) is 49.8 Å². The van der Waals surface area contributed by atoms with Crippen LogP contribution in [-0.2, 0) is 0 Å². The quantitative estimate of drug-likeness (QED) is 0.787. The van der Waals surface area contributed by atoms with Crippen molar-refractivity contribution in [1.82, 2.24) is 14.8 Å². The highest BCUT2D eigenvalue weighted by Gasteiger charge is 2.31. The van der Waals surface area contributed by atoms with Crippen molar-refractivity contribution in [3.63, 3.8) is 0 Å². The SMILES string of the molecule is Clc1cc(Oc2cn(C3CC3)nc2C2CCC2)ccn1. The molecule has 0 bridgehead atoms. The van der Waals surface area contributed by atoms with Crippen molar-refractivity contribution in [1.29, 1.82) is 0 Å². The predicted octanol–water partition coefficient (Wildman–Crippen LogP) is 4.33. The highest BCUT2D eigenvalue weighted by molar-refractivity contribution is 6.29. The molecule has 2 aromatic heterocycles. The topological polar surface area (TPSA) is 39.9 Å². The molecule has 20 heavy (non-hydrogen) atoms. The van der Waals surface area contributed by atoms with Crippen molar-refractivity contribution in [2.45, 2.75) is 44.1 Å². The van der Waals surface area contributed by atoms with Crippen molar-refractivity contribution in [3.05, 3.63) is 35.4 Å². The lowest BCUT2D eigenvalue weighted by Gasteiger charge is -2.24. The first-order valence-corrected chi connectivity index (χ1v) is 7.56. The first-order chi connectivity index (χ1) is 9.79. The molecule has 0 unspecified atom stereocenters. The van der Waals surface area contributed by atoms with Crippen molar-refractivity contribution >= 4 is 11.6 Å². The summed E-state index contributed by atoms with van der Waals surface area (Å²) in [6, 6.07) is 4.14. The molecule has 104 valence electrons. The van der Waals surface area contributed by atoms with Crippen LogP contribution >= 0.6 is 11.6 Å². The van der Waals surface area contributed by atoms with Gasteiger partial charge in [-0.1, -0.05) is 18.0 Å². The maximum absolute atomic E-state index is 6.00. The van der Waals surface area contributed by atoms with Crippen molar-refractivity contribution in [2.75, 3.05) is 0 Å². The lowest BCUT2D eigenvalue weighted by molar-refractivity contribution is 0.388. The second-order valence-electron chi connectivity index (χ2n) is 5.63. The Bertz CT molecular complexity index is 632. The molecule has 0 atom stereocenters. The Morgan fingerprint density at radius 1 is 1.25 bits per heavy atom. The van der Waals surface area contributed by atoms with Gasteiger partial charge in [0.1, 0.15) is 16.6 Å². The Hall–Kier alpha value is -1.55. The third-order valence-electron chi connectivity index (χ3n) is 4.06. The normalized spacial score (nSPS) is 18.9. The van der Waals surface area contributed by atoms with Crippen LogP contribution in [0.5, 0.6) is 11.5 Å². The molecule has 0 saturated heterocycles. The van der Waals surface area contributed by atoms with Gasteiger partial charge in [0.25, 0.3) is 0 Å². The van der Waals surface area contributed by atoms with Crippen molar-refractivity contribution < 1.29 is 4.74 Å². The van der Waals surface area contributed by atoms with E-state index in [0.717, 1.165) is 17.2 Å². The van der Waals surface area contributed by atoms with E-state index in [1.54, 1.807) is 12.3 Å². The van der Waals surface area contributed by atoms with Gasteiger partial charge in [-0.25, -0.2) is 4.98 Å². The van der Waals surface area contributed by atoms with Gasteiger partial charge in [-0.15, -0.1) is 0 Å². The largest absolute Gasteiger partial charge is 0.454 e. The molecule has 0 aliphatic heterocycles. The zero-order valence-electron chi connectivity index (χ0n) is 11.1. The zero-order valence-corrected chi connectivity index (χ0v) is 11.9. The molecular formula is C15H16ClN3O. The minimum Gasteiger partial charge on any atom is -0.454 e. The van der Waals surface area contributed by atoms with Gasteiger partial charge >= 0.3 is 0 Å². The summed E-state index contributed by atoms with van der Waals surface area (Å²) in [5.74, 6) is 2.16. The summed E-state index contributed by atoms with van der Waals surface area (Å²) in [6.45, 7) is 0. The first-order valence-electron chi connectivity index (χ1n) is 7.18. The summed E-state index contributed by atoms with van der Waals surface area (Å²) in [7, 11) is 0. The molecule has 0 radical (unpaired) electrons. The molecule has 2 aromatic rings. The predicted molar refractivity (Wildman–Crippen MR) is 76.4 cm³/mol. The fraction of sp³-hybridized carbons (Fsp3) is 0.467. The Balaban J connectivity index is 1.64. The van der Waals surface area contributed by atoms with Crippen LogP contribution in [-0.4, -0.2) is 14.8 Å². The molecule has 4 rings (SSSR count). The Morgan fingerprint density at radius 3 is 2.75 bits per heavy atom. The minimum atomic E-state index is 0.447. The van der Waals surface area contributed by atoms with Gasteiger partial charge in [0.05, 0.1) is 12.2 Å². The standard InChI is InChI=1S/C15H16ClN3O/c16-14-8-12(6-7-17-14)20-13-9-19(11-4-5-11)18-15(13)10-2-1-3-10/h6-11H,1-5H2. The van der Waals surface area contributed by atoms with Crippen molar-refractivity contribution in [3.8, 4) is 11.5 Å². The van der Waals surface area contributed by atoms with Gasteiger partial charge in [-0.3, -0.25) is 4.68 Å². The number of halogens is 1. The van der Waals surface area contributed by atoms with Crippen molar-refractivity contribution in [2.24, 2.45) is 0 Å². The third kappa shape index (κ3) is 2.29. The molecule has 0 aromatic carbocycles. The van der Waals surface area contributed by atoms with Crippen LogP contribution in [0.4, 0.5) is 0 Å². The van der Waals surface area contributed by atoms with Gasteiger partial charge in [0, 0.05) is 18.2 Å². The van der Waals surface area contributed by atoms with E-state index < -0.39 is 0 Å². The van der Waals surface area contributed by atoms with Gasteiger partial charge < -0.3 is 4.74 Å². The summed E-state index contributed by atoms with van der Waals surface area (Å²) in [6.07, 6.45) is 9.88. The smallest absolute Gasteiger partial charge is 0.168 e. The maximum atomic E-state index is 6.00. The van der Waals surface area contributed by atoms with E-state index in [-0.39, 0.29) is 0 Å². The van der Waals surface area contributed by atoms with Gasteiger partial charge in [0.15, 0.2) is 5.75 Å². The number of pyridine rings is 1. The average Bonchev–Trinajstić information content (AvgIpc) is 3.13. The third-order valence-corrected chi connectivity index (χ3v) is 4.27. The van der Waals surface area contributed by atoms with Crippen LogP contribution < -0.4 is 4.74 Å². The second kappa shape index (κ2) is 4.77. The molecule has 0 spiro atoms. The fourth-order valence-corrected chi connectivity index (χ4v) is 2.70. The molecule has 2 fully saturated rings. The van der Waals surface area contributed by atoms with E-state index in [2.05, 4.69) is 9.67 Å². The van der Waals surface area contributed by atoms with Crippen LogP contribution in [0.15, 0.2) is 24.5 Å². The summed E-state index contributed by atoms with van der Waals surface area (Å²) in [4.78, 5) is 3.97. The Labute approximate surface area is 122 Å². The molecule has 2 saturated carbocycles. The number of hydrogen-bond donors (Lipinski definition) is 0. The molecule has 0 amide bonds. The second-order valence-corrected chi connectivity index (χ2v) is 6.02. The Kier molecular flexibility index (Phi) is 2.91. The molecule has 2 aliphatic carbocycles. The van der Waals surface area contributed by atoms with E-state index in [0.29, 0.717) is 17.1 Å². The van der Waals surface area contributed by atoms with Crippen LogP contribution in [0, 0.1) is 0 Å². The van der Waals surface area contributed by atoms with Gasteiger partial charge in [-0.05, 0) is 31.7 Å². The highest BCUT2D eigenvalue weighted by Crippen LogP contribution is 2.43. The number of nitrogens with zero attached hydrogens (tertiary/aromatic N) is 3. The van der Waals surface area contributed by atoms with Crippen LogP contribution in [0.2, 0.25) is 5.15 Å². The summed E-state index contributed by atoms with van der Waals surface area (Å²) in [5, 5.41) is 5.20. The molecular weight excluding hydrogens is 274 g/mol. The molecule has 2 aliphatic rings. The average molecular weight is 290 g/mol. The Morgan fingerprint density at radius 2 is 2.10 bits per heavy atom. The number of rotatable bonds is 4. The summed E-state index contributed by atoms with van der Waals surface area (Å²) >= 11 is 5.91. The molecule has 4 nitrogen and oxygen atoms in total. The van der Waals surface area contributed by atoms with E-state index in [4.69, 9.17) is 21.4 Å². The van der Waals surface area contributed by atoms with Crippen LogP contribution in [0.25, 0.3) is 0 Å². The number of ether oxygens (including phenoxy) is 1. The minimum absolute atomic E-state index is 0.447. The lowest BCUT2D eigenvalue weighted by atomic mass is 9.83. The molecule has 0 N–H and O–H groups in total. The van der Waals surface area contributed by atoms with Gasteiger partial charge in [-0.2, -0.15) is 5.10 Å². The zero-order chi connectivity index (χ0) is 13.5. The molecule has 2 heterocycles. The van der Waals surface area contributed by atoms with E-state index in [1.165, 1.54) is 32.1 Å².